The molecule has 0 spiro atoms. The lowest BCUT2D eigenvalue weighted by Gasteiger charge is -2.35. The van der Waals surface area contributed by atoms with Gasteiger partial charge in [0.2, 0.25) is 0 Å². The Bertz CT molecular complexity index is 932. The minimum atomic E-state index is -0.402. The summed E-state index contributed by atoms with van der Waals surface area (Å²) in [6.45, 7) is 0.725. The van der Waals surface area contributed by atoms with E-state index in [9.17, 15) is 9.59 Å². The molecule has 0 unspecified atom stereocenters. The van der Waals surface area contributed by atoms with Crippen molar-refractivity contribution in [3.63, 3.8) is 0 Å². The number of hydrogen-bond donors (Lipinski definition) is 0. The van der Waals surface area contributed by atoms with Gasteiger partial charge >= 0.3 is 5.97 Å². The molecule has 0 N–H and O–H groups in total. The second-order valence-corrected chi connectivity index (χ2v) is 7.47. The van der Waals surface area contributed by atoms with Gasteiger partial charge in [-0.3, -0.25) is 0 Å². The largest absolute Gasteiger partial charge is 0.465 e. The fourth-order valence-electron chi connectivity index (χ4n) is 3.83. The second kappa shape index (κ2) is 8.26. The number of fused-ring (bicyclic) bond motifs is 1. The van der Waals surface area contributed by atoms with Crippen LogP contribution in [0.2, 0.25) is 0 Å². The van der Waals surface area contributed by atoms with Gasteiger partial charge in [0.1, 0.15) is 6.29 Å². The van der Waals surface area contributed by atoms with Gasteiger partial charge in [-0.15, -0.1) is 0 Å². The highest BCUT2D eigenvalue weighted by Gasteiger charge is 2.34. The van der Waals surface area contributed by atoms with Crippen molar-refractivity contribution in [2.24, 2.45) is 5.41 Å². The van der Waals surface area contributed by atoms with Crippen LogP contribution in [0.25, 0.3) is 0 Å². The Balaban J connectivity index is 1.72. The van der Waals surface area contributed by atoms with E-state index in [4.69, 9.17) is 10.00 Å². The minimum absolute atomic E-state index is 0.337. The maximum Gasteiger partial charge on any atom is 0.337 e. The molecule has 0 saturated carbocycles. The molecule has 1 aliphatic rings. The standard InChI is InChI=1S/C23H24N2O3/c1-25(21-5-3-4-17(12-21)15-24)11-10-23(16-26)9-8-18-13-19(22(27)28-2)6-7-20(18)14-23/h3-7,12-13,16H,8-11,14H2,1-2H3/t23-/m0/s1. The molecule has 5 heteroatoms. The zero-order valence-electron chi connectivity index (χ0n) is 16.3. The van der Waals surface area contributed by atoms with Crippen LogP contribution in [0.15, 0.2) is 42.5 Å². The molecule has 2 aromatic carbocycles. The van der Waals surface area contributed by atoms with Gasteiger partial charge in [0, 0.05) is 24.7 Å². The number of rotatable bonds is 6. The van der Waals surface area contributed by atoms with E-state index >= 15 is 0 Å². The number of benzene rings is 2. The predicted octanol–water partition coefficient (Wildman–Crippen LogP) is 3.55. The summed E-state index contributed by atoms with van der Waals surface area (Å²) >= 11 is 0. The SMILES string of the molecule is COC(=O)c1ccc2c(c1)CC[C@](C=O)(CCN(C)c1cccc(C#N)c1)C2. The van der Waals surface area contributed by atoms with Crippen molar-refractivity contribution in [1.82, 2.24) is 0 Å². The van der Waals surface area contributed by atoms with Gasteiger partial charge in [-0.25, -0.2) is 4.79 Å². The lowest BCUT2D eigenvalue weighted by molar-refractivity contribution is -0.117. The number of anilines is 1. The molecule has 5 nitrogen and oxygen atoms in total. The van der Waals surface area contributed by atoms with Gasteiger partial charge in [0.25, 0.3) is 0 Å². The molecule has 0 heterocycles. The molecule has 0 amide bonds. The number of hydrogen-bond acceptors (Lipinski definition) is 5. The Morgan fingerprint density at radius 1 is 1.29 bits per heavy atom. The van der Waals surface area contributed by atoms with E-state index in [1.54, 1.807) is 12.1 Å². The third kappa shape index (κ3) is 4.07. The summed E-state index contributed by atoms with van der Waals surface area (Å²) in [7, 11) is 3.36. The van der Waals surface area contributed by atoms with Crippen molar-refractivity contribution in [2.45, 2.75) is 25.7 Å². The molecule has 0 fully saturated rings. The molecular weight excluding hydrogens is 352 g/mol. The van der Waals surface area contributed by atoms with Crippen LogP contribution in [-0.4, -0.2) is 33.0 Å². The fraction of sp³-hybridized carbons (Fsp3) is 0.348. The molecule has 1 atom stereocenters. The zero-order valence-corrected chi connectivity index (χ0v) is 16.3. The third-order valence-electron chi connectivity index (χ3n) is 5.67. The molecule has 0 bridgehead atoms. The van der Waals surface area contributed by atoms with Gasteiger partial charge in [-0.2, -0.15) is 5.26 Å². The number of methoxy groups -OCH3 is 1. The van der Waals surface area contributed by atoms with Crippen molar-refractivity contribution in [3.05, 3.63) is 64.7 Å². The van der Waals surface area contributed by atoms with Crippen LogP contribution in [-0.2, 0) is 22.4 Å². The smallest absolute Gasteiger partial charge is 0.337 e. The van der Waals surface area contributed by atoms with Crippen LogP contribution < -0.4 is 4.90 Å². The van der Waals surface area contributed by atoms with Crippen LogP contribution in [0, 0.1) is 16.7 Å². The summed E-state index contributed by atoms with van der Waals surface area (Å²) in [5.74, 6) is -0.337. The average molecular weight is 376 g/mol. The summed E-state index contributed by atoms with van der Waals surface area (Å²) in [5.41, 5.74) is 4.00. The van der Waals surface area contributed by atoms with Crippen molar-refractivity contribution >= 4 is 17.9 Å². The third-order valence-corrected chi connectivity index (χ3v) is 5.67. The number of carbonyl (C=O) groups is 2. The summed E-state index contributed by atoms with van der Waals surface area (Å²) in [4.78, 5) is 25.8. The Hall–Kier alpha value is -3.13. The molecule has 0 aromatic heterocycles. The van der Waals surface area contributed by atoms with Gasteiger partial charge in [0.05, 0.1) is 24.3 Å². The molecule has 28 heavy (non-hydrogen) atoms. The van der Waals surface area contributed by atoms with E-state index in [0.717, 1.165) is 48.9 Å². The molecule has 144 valence electrons. The van der Waals surface area contributed by atoms with E-state index in [-0.39, 0.29) is 5.97 Å². The summed E-state index contributed by atoms with van der Waals surface area (Å²) in [5, 5.41) is 9.08. The fourth-order valence-corrected chi connectivity index (χ4v) is 3.83. The van der Waals surface area contributed by atoms with Crippen LogP contribution in [0.3, 0.4) is 0 Å². The van der Waals surface area contributed by atoms with Gasteiger partial charge in [-0.05, 0) is 67.1 Å². The van der Waals surface area contributed by atoms with Gasteiger partial charge in [-0.1, -0.05) is 12.1 Å². The Kier molecular flexibility index (Phi) is 5.79. The number of nitriles is 1. The van der Waals surface area contributed by atoms with Crippen LogP contribution >= 0.6 is 0 Å². The highest BCUT2D eigenvalue weighted by Crippen LogP contribution is 2.37. The number of aryl methyl sites for hydroxylation is 1. The first kappa shape index (κ1) is 19.6. The molecule has 0 radical (unpaired) electrons. The normalized spacial score (nSPS) is 17.9. The Morgan fingerprint density at radius 3 is 2.82 bits per heavy atom. The average Bonchev–Trinajstić information content (AvgIpc) is 2.76. The first-order valence-electron chi connectivity index (χ1n) is 9.38. The second-order valence-electron chi connectivity index (χ2n) is 7.47. The Morgan fingerprint density at radius 2 is 2.11 bits per heavy atom. The van der Waals surface area contributed by atoms with Crippen LogP contribution in [0.4, 0.5) is 5.69 Å². The minimum Gasteiger partial charge on any atom is -0.465 e. The Labute approximate surface area is 165 Å². The molecular formula is C23H24N2O3. The number of aldehydes is 1. The van der Waals surface area contributed by atoms with Crippen molar-refractivity contribution < 1.29 is 14.3 Å². The van der Waals surface area contributed by atoms with Gasteiger partial charge in [0.15, 0.2) is 0 Å². The lowest BCUT2D eigenvalue weighted by atomic mass is 9.70. The maximum absolute atomic E-state index is 12.0. The predicted molar refractivity (Wildman–Crippen MR) is 107 cm³/mol. The molecule has 1 aliphatic carbocycles. The molecule has 2 aromatic rings. The first-order valence-corrected chi connectivity index (χ1v) is 9.38. The van der Waals surface area contributed by atoms with Crippen molar-refractivity contribution in [1.29, 1.82) is 5.26 Å². The van der Waals surface area contributed by atoms with E-state index < -0.39 is 5.41 Å². The van der Waals surface area contributed by atoms with Crippen molar-refractivity contribution in [2.75, 3.05) is 25.6 Å². The first-order chi connectivity index (χ1) is 13.5. The van der Waals surface area contributed by atoms with E-state index in [2.05, 4.69) is 11.0 Å². The number of ether oxygens (including phenoxy) is 1. The molecule has 0 saturated heterocycles. The summed E-state index contributed by atoms with van der Waals surface area (Å²) < 4.78 is 4.79. The van der Waals surface area contributed by atoms with Crippen LogP contribution in [0.5, 0.6) is 0 Å². The lowest BCUT2D eigenvalue weighted by Crippen LogP contribution is -2.35. The quantitative estimate of drug-likeness (QED) is 0.570. The van der Waals surface area contributed by atoms with Crippen LogP contribution in [0.1, 0.15) is 39.9 Å². The van der Waals surface area contributed by atoms with E-state index in [1.165, 1.54) is 7.11 Å². The number of nitrogens with zero attached hydrogens (tertiary/aromatic N) is 2. The highest BCUT2D eigenvalue weighted by atomic mass is 16.5. The topological polar surface area (TPSA) is 70.4 Å². The molecule has 3 rings (SSSR count). The summed E-state index contributed by atoms with van der Waals surface area (Å²) in [6, 6.07) is 15.2. The monoisotopic (exact) mass is 376 g/mol. The maximum atomic E-state index is 12.0. The number of carbonyl (C=O) groups excluding carboxylic acids is 2. The zero-order chi connectivity index (χ0) is 20.1. The van der Waals surface area contributed by atoms with Crippen molar-refractivity contribution in [3.8, 4) is 6.07 Å². The summed E-state index contributed by atoms with van der Waals surface area (Å²) in [6.07, 6.45) is 4.05. The highest BCUT2D eigenvalue weighted by molar-refractivity contribution is 5.89. The van der Waals surface area contributed by atoms with E-state index in [1.807, 2.05) is 37.4 Å². The number of esters is 1. The molecule has 0 aliphatic heterocycles. The van der Waals surface area contributed by atoms with Gasteiger partial charge < -0.3 is 14.4 Å². The van der Waals surface area contributed by atoms with E-state index in [0.29, 0.717) is 17.5 Å².